The fourth-order valence-electron chi connectivity index (χ4n) is 2.23. The van der Waals surface area contributed by atoms with Gasteiger partial charge in [0.25, 0.3) is 5.91 Å². The molecule has 0 unspecified atom stereocenters. The number of carbonyl (C=O) groups excluding carboxylic acids is 1. The van der Waals surface area contributed by atoms with Crippen molar-refractivity contribution in [2.45, 2.75) is 6.04 Å². The van der Waals surface area contributed by atoms with Crippen molar-refractivity contribution in [3.8, 4) is 6.07 Å². The highest BCUT2D eigenvalue weighted by Gasteiger charge is 2.31. The fourth-order valence-corrected chi connectivity index (χ4v) is 2.23. The molecule has 2 aromatic rings. The normalized spacial score (nSPS) is 14.1. The third-order valence-corrected chi connectivity index (χ3v) is 3.33. The number of amides is 1. The van der Waals surface area contributed by atoms with Crippen LogP contribution in [0.25, 0.3) is 0 Å². The highest BCUT2D eigenvalue weighted by molar-refractivity contribution is 5.95. The zero-order chi connectivity index (χ0) is 14.7. The largest absolute Gasteiger partial charge is 0.362 e. The molecule has 1 fully saturated rings. The molecule has 1 aliphatic heterocycles. The van der Waals surface area contributed by atoms with E-state index in [0.29, 0.717) is 30.0 Å². The molecular formula is C15H13N5O. The maximum absolute atomic E-state index is 12.3. The van der Waals surface area contributed by atoms with E-state index < -0.39 is 0 Å². The molecule has 6 nitrogen and oxygen atoms in total. The summed E-state index contributed by atoms with van der Waals surface area (Å²) < 4.78 is 0. The van der Waals surface area contributed by atoms with Crippen LogP contribution in [0.3, 0.4) is 0 Å². The number of nitriles is 1. The van der Waals surface area contributed by atoms with Gasteiger partial charge in [-0.25, -0.2) is 0 Å². The van der Waals surface area contributed by atoms with Crippen LogP contribution in [0.2, 0.25) is 0 Å². The van der Waals surface area contributed by atoms with Crippen LogP contribution in [0.5, 0.6) is 0 Å². The van der Waals surface area contributed by atoms with Crippen molar-refractivity contribution in [2.24, 2.45) is 0 Å². The van der Waals surface area contributed by atoms with Gasteiger partial charge in [0.05, 0.1) is 17.7 Å². The van der Waals surface area contributed by atoms with Crippen LogP contribution in [-0.2, 0) is 0 Å². The lowest BCUT2D eigenvalue weighted by Gasteiger charge is -2.39. The van der Waals surface area contributed by atoms with E-state index in [1.807, 2.05) is 18.2 Å². The summed E-state index contributed by atoms with van der Waals surface area (Å²) in [6.07, 6.45) is 1.62. The van der Waals surface area contributed by atoms with E-state index >= 15 is 0 Å². The molecule has 1 amide bonds. The number of nitrogens with one attached hydrogen (secondary N) is 1. The Morgan fingerprint density at radius 1 is 1.33 bits per heavy atom. The van der Waals surface area contributed by atoms with Gasteiger partial charge in [0, 0.05) is 24.8 Å². The number of nitrogens with zero attached hydrogens (tertiary/aromatic N) is 4. The van der Waals surface area contributed by atoms with Crippen LogP contribution in [-0.4, -0.2) is 40.1 Å². The van der Waals surface area contributed by atoms with Crippen LogP contribution in [0.1, 0.15) is 15.9 Å². The highest BCUT2D eigenvalue weighted by Crippen LogP contribution is 2.17. The minimum absolute atomic E-state index is 0.0516. The third kappa shape index (κ3) is 2.82. The number of likely N-dealkylation sites (tertiary alicyclic amines) is 1. The molecule has 104 valence electrons. The van der Waals surface area contributed by atoms with Gasteiger partial charge in [-0.15, -0.1) is 5.10 Å². The molecule has 3 rings (SSSR count). The predicted molar refractivity (Wildman–Crippen MR) is 76.5 cm³/mol. The van der Waals surface area contributed by atoms with E-state index in [1.165, 1.54) is 0 Å². The Labute approximate surface area is 122 Å². The first-order chi connectivity index (χ1) is 10.3. The molecule has 2 heterocycles. The number of hydrogen-bond donors (Lipinski definition) is 1. The standard InChI is InChI=1S/C15H13N5O/c16-8-11-3-1-4-12(7-11)15(21)20-9-13(10-20)18-14-5-2-6-17-19-14/h1-7,13H,9-10H2,(H,18,19). The molecule has 1 aromatic heterocycles. The lowest BCUT2D eigenvalue weighted by Crippen LogP contribution is -2.57. The first-order valence-corrected chi connectivity index (χ1v) is 6.60. The van der Waals surface area contributed by atoms with Gasteiger partial charge in [-0.05, 0) is 30.3 Å². The van der Waals surface area contributed by atoms with Crippen molar-refractivity contribution in [3.63, 3.8) is 0 Å². The summed E-state index contributed by atoms with van der Waals surface area (Å²) >= 11 is 0. The molecule has 0 atom stereocenters. The topological polar surface area (TPSA) is 81.9 Å². The van der Waals surface area contributed by atoms with Crippen molar-refractivity contribution in [2.75, 3.05) is 18.4 Å². The Morgan fingerprint density at radius 3 is 2.90 bits per heavy atom. The number of benzene rings is 1. The Kier molecular flexibility index (Phi) is 3.48. The number of anilines is 1. The van der Waals surface area contributed by atoms with Crippen molar-refractivity contribution >= 4 is 11.7 Å². The molecule has 1 saturated heterocycles. The Hall–Kier alpha value is -2.94. The van der Waals surface area contributed by atoms with Gasteiger partial charge in [-0.3, -0.25) is 4.79 Å². The average molecular weight is 279 g/mol. The summed E-state index contributed by atoms with van der Waals surface area (Å²) in [5, 5.41) is 19.8. The fraction of sp³-hybridized carbons (Fsp3) is 0.200. The molecule has 1 N–H and O–H groups in total. The maximum atomic E-state index is 12.3. The molecule has 0 aliphatic carbocycles. The number of hydrogen-bond acceptors (Lipinski definition) is 5. The summed E-state index contributed by atoms with van der Waals surface area (Å²) in [5.74, 6) is 0.658. The Balaban J connectivity index is 1.58. The predicted octanol–water partition coefficient (Wildman–Crippen LogP) is 1.28. The van der Waals surface area contributed by atoms with E-state index in [1.54, 1.807) is 35.4 Å². The van der Waals surface area contributed by atoms with Crippen LogP contribution in [0, 0.1) is 11.3 Å². The van der Waals surface area contributed by atoms with Crippen molar-refractivity contribution in [1.29, 1.82) is 5.26 Å². The summed E-state index contributed by atoms with van der Waals surface area (Å²) in [4.78, 5) is 14.0. The second kappa shape index (κ2) is 5.59. The molecular weight excluding hydrogens is 266 g/mol. The summed E-state index contributed by atoms with van der Waals surface area (Å²) in [7, 11) is 0. The second-order valence-electron chi connectivity index (χ2n) is 4.85. The molecule has 21 heavy (non-hydrogen) atoms. The first kappa shape index (κ1) is 13.1. The quantitative estimate of drug-likeness (QED) is 0.915. The zero-order valence-electron chi connectivity index (χ0n) is 11.2. The van der Waals surface area contributed by atoms with Crippen LogP contribution in [0.15, 0.2) is 42.6 Å². The number of carbonyl (C=O) groups is 1. The van der Waals surface area contributed by atoms with E-state index in [0.717, 1.165) is 0 Å². The smallest absolute Gasteiger partial charge is 0.254 e. The minimum Gasteiger partial charge on any atom is -0.362 e. The lowest BCUT2D eigenvalue weighted by atomic mass is 10.1. The molecule has 0 saturated carbocycles. The van der Waals surface area contributed by atoms with Gasteiger partial charge in [-0.2, -0.15) is 10.4 Å². The monoisotopic (exact) mass is 279 g/mol. The second-order valence-corrected chi connectivity index (χ2v) is 4.85. The van der Waals surface area contributed by atoms with Crippen LogP contribution >= 0.6 is 0 Å². The Morgan fingerprint density at radius 2 is 2.19 bits per heavy atom. The van der Waals surface area contributed by atoms with Crippen molar-refractivity contribution in [1.82, 2.24) is 15.1 Å². The van der Waals surface area contributed by atoms with E-state index in [9.17, 15) is 4.79 Å². The lowest BCUT2D eigenvalue weighted by molar-refractivity contribution is 0.0625. The number of rotatable bonds is 3. The molecule has 0 spiro atoms. The SMILES string of the molecule is N#Cc1cccc(C(=O)N2CC(Nc3cccnn3)C2)c1. The maximum Gasteiger partial charge on any atom is 0.254 e. The van der Waals surface area contributed by atoms with E-state index in [-0.39, 0.29) is 11.9 Å². The summed E-state index contributed by atoms with van der Waals surface area (Å²) in [5.41, 5.74) is 1.04. The first-order valence-electron chi connectivity index (χ1n) is 6.60. The van der Waals surface area contributed by atoms with Gasteiger partial charge < -0.3 is 10.2 Å². The van der Waals surface area contributed by atoms with Gasteiger partial charge in [0.2, 0.25) is 0 Å². The van der Waals surface area contributed by atoms with Gasteiger partial charge >= 0.3 is 0 Å². The Bertz CT molecular complexity index is 689. The molecule has 1 aromatic carbocycles. The van der Waals surface area contributed by atoms with E-state index in [4.69, 9.17) is 5.26 Å². The summed E-state index contributed by atoms with van der Waals surface area (Å²) in [6.45, 7) is 1.23. The molecule has 0 bridgehead atoms. The zero-order valence-corrected chi connectivity index (χ0v) is 11.2. The van der Waals surface area contributed by atoms with Crippen molar-refractivity contribution < 1.29 is 4.79 Å². The summed E-state index contributed by atoms with van der Waals surface area (Å²) in [6, 6.07) is 12.6. The van der Waals surface area contributed by atoms with Gasteiger partial charge in [-0.1, -0.05) is 6.07 Å². The van der Waals surface area contributed by atoms with Crippen LogP contribution < -0.4 is 5.32 Å². The third-order valence-electron chi connectivity index (χ3n) is 3.33. The van der Waals surface area contributed by atoms with Crippen molar-refractivity contribution in [3.05, 3.63) is 53.7 Å². The molecule has 1 aliphatic rings. The average Bonchev–Trinajstić information content (AvgIpc) is 2.51. The number of aromatic nitrogens is 2. The minimum atomic E-state index is -0.0516. The van der Waals surface area contributed by atoms with Gasteiger partial charge in [0.1, 0.15) is 5.82 Å². The highest BCUT2D eigenvalue weighted by atomic mass is 16.2. The van der Waals surface area contributed by atoms with Gasteiger partial charge in [0.15, 0.2) is 0 Å². The molecule has 6 heteroatoms. The van der Waals surface area contributed by atoms with E-state index in [2.05, 4.69) is 15.5 Å². The molecule has 0 radical (unpaired) electrons. The van der Waals surface area contributed by atoms with Crippen LogP contribution in [0.4, 0.5) is 5.82 Å².